The average Bonchev–Trinajstić information content (AvgIpc) is 3.33. The molecule has 4 rings (SSSR count). The Morgan fingerprint density at radius 1 is 0.971 bits per heavy atom. The van der Waals surface area contributed by atoms with Gasteiger partial charge in [0, 0.05) is 5.56 Å². The van der Waals surface area contributed by atoms with E-state index in [0.29, 0.717) is 11.4 Å². The molecule has 0 fully saturated rings. The molecule has 10 heteroatoms. The van der Waals surface area contributed by atoms with Gasteiger partial charge in [0.15, 0.2) is 10.7 Å². The van der Waals surface area contributed by atoms with E-state index in [-0.39, 0.29) is 22.4 Å². The maximum atomic E-state index is 13.2. The lowest BCUT2D eigenvalue weighted by molar-refractivity contribution is 0.0991. The van der Waals surface area contributed by atoms with E-state index in [9.17, 15) is 13.2 Å². The minimum Gasteiger partial charge on any atom is -0.480 e. The van der Waals surface area contributed by atoms with Gasteiger partial charge in [0.2, 0.25) is 5.88 Å². The maximum absolute atomic E-state index is 13.2. The number of nitrogens with zero attached hydrogens (tertiary/aromatic N) is 2. The lowest BCUT2D eigenvalue weighted by Crippen LogP contribution is -2.18. The summed E-state index contributed by atoms with van der Waals surface area (Å²) in [6, 6.07) is 15.9. The summed E-state index contributed by atoms with van der Waals surface area (Å²) in [6.07, 6.45) is 2.73. The molecule has 9 nitrogen and oxygen atoms in total. The molecular formula is C24H22N4O5S. The van der Waals surface area contributed by atoms with Gasteiger partial charge in [-0.2, -0.15) is 0 Å². The highest BCUT2D eigenvalue weighted by Gasteiger charge is 2.24. The van der Waals surface area contributed by atoms with Gasteiger partial charge in [-0.1, -0.05) is 48.5 Å². The van der Waals surface area contributed by atoms with E-state index in [1.54, 1.807) is 26.0 Å². The fraction of sp³-hybridized carbons (Fsp3) is 0.125. The Labute approximate surface area is 196 Å². The number of pyridine rings is 1. The number of benzene rings is 2. The number of nitrogens with one attached hydrogen (secondary N) is 2. The van der Waals surface area contributed by atoms with Crippen molar-refractivity contribution >= 4 is 27.3 Å². The summed E-state index contributed by atoms with van der Waals surface area (Å²) in [5.41, 5.74) is 2.89. The van der Waals surface area contributed by atoms with Crippen molar-refractivity contribution in [2.24, 2.45) is 0 Å². The number of aromatic nitrogens is 2. The second-order valence-corrected chi connectivity index (χ2v) is 9.10. The monoisotopic (exact) mass is 478 g/mol. The normalized spacial score (nSPS) is 11.1. The van der Waals surface area contributed by atoms with Crippen molar-refractivity contribution in [2.75, 3.05) is 17.1 Å². The van der Waals surface area contributed by atoms with Crippen LogP contribution in [0.15, 0.2) is 76.3 Å². The summed E-state index contributed by atoms with van der Waals surface area (Å²) >= 11 is 0. The first-order valence-corrected chi connectivity index (χ1v) is 11.7. The van der Waals surface area contributed by atoms with Crippen molar-refractivity contribution in [3.63, 3.8) is 0 Å². The SMILES string of the molecule is COc1ncc(NC(=O)c2ncc(-c3ccccc3)o2)cc1S(=O)(=O)Nc1c(C)cccc1C. The minimum absolute atomic E-state index is 0.112. The fourth-order valence-corrected chi connectivity index (χ4v) is 4.66. The van der Waals surface area contributed by atoms with Crippen LogP contribution in [0, 0.1) is 13.8 Å². The third-order valence-electron chi connectivity index (χ3n) is 5.03. The van der Waals surface area contributed by atoms with Gasteiger partial charge in [-0.05, 0) is 31.0 Å². The summed E-state index contributed by atoms with van der Waals surface area (Å²) < 4.78 is 39.7. The summed E-state index contributed by atoms with van der Waals surface area (Å²) in [7, 11) is -2.77. The molecule has 2 aromatic carbocycles. The average molecular weight is 479 g/mol. The second kappa shape index (κ2) is 9.36. The number of ether oxygens (including phenoxy) is 1. The van der Waals surface area contributed by atoms with Crippen molar-refractivity contribution < 1.29 is 22.4 Å². The van der Waals surface area contributed by atoms with Gasteiger partial charge in [0.1, 0.15) is 0 Å². The third-order valence-corrected chi connectivity index (χ3v) is 6.38. The maximum Gasteiger partial charge on any atom is 0.311 e. The number of aryl methyl sites for hydroxylation is 2. The molecule has 4 aromatic rings. The van der Waals surface area contributed by atoms with Crippen molar-refractivity contribution in [1.82, 2.24) is 9.97 Å². The number of amides is 1. The number of rotatable bonds is 7. The summed E-state index contributed by atoms with van der Waals surface area (Å²) in [4.78, 5) is 20.5. The number of para-hydroxylation sites is 1. The van der Waals surface area contributed by atoms with Crippen LogP contribution in [0.1, 0.15) is 21.8 Å². The standard InChI is InChI=1S/C24H22N4O5S/c1-15-8-7-9-16(2)21(15)28-34(30,31)20-12-18(13-25-23(20)32-3)27-22(29)24-26-14-19(33-24)17-10-5-4-6-11-17/h4-14,28H,1-3H3,(H,27,29). The first-order valence-electron chi connectivity index (χ1n) is 10.2. The van der Waals surface area contributed by atoms with Crippen molar-refractivity contribution in [2.45, 2.75) is 18.7 Å². The van der Waals surface area contributed by atoms with Crippen LogP contribution in [-0.4, -0.2) is 31.4 Å². The van der Waals surface area contributed by atoms with E-state index in [2.05, 4.69) is 20.0 Å². The fourth-order valence-electron chi connectivity index (χ4n) is 3.31. The van der Waals surface area contributed by atoms with E-state index < -0.39 is 15.9 Å². The Bertz CT molecular complexity index is 1430. The zero-order valence-corrected chi connectivity index (χ0v) is 19.5. The van der Waals surface area contributed by atoms with Gasteiger partial charge in [0.05, 0.1) is 30.9 Å². The predicted molar refractivity (Wildman–Crippen MR) is 127 cm³/mol. The largest absolute Gasteiger partial charge is 0.480 e. The van der Waals surface area contributed by atoms with E-state index in [1.165, 1.54) is 25.6 Å². The van der Waals surface area contributed by atoms with Crippen LogP contribution in [-0.2, 0) is 10.0 Å². The molecule has 2 heterocycles. The molecule has 174 valence electrons. The van der Waals surface area contributed by atoms with E-state index in [0.717, 1.165) is 16.7 Å². The van der Waals surface area contributed by atoms with Crippen molar-refractivity contribution in [3.8, 4) is 17.2 Å². The molecule has 34 heavy (non-hydrogen) atoms. The van der Waals surface area contributed by atoms with Crippen LogP contribution in [0.3, 0.4) is 0 Å². The molecule has 0 unspecified atom stereocenters. The predicted octanol–water partition coefficient (Wildman–Crippen LogP) is 4.42. The Morgan fingerprint density at radius 3 is 2.35 bits per heavy atom. The summed E-state index contributed by atoms with van der Waals surface area (Å²) in [6.45, 7) is 3.61. The van der Waals surface area contributed by atoms with Crippen LogP contribution in [0.25, 0.3) is 11.3 Å². The lowest BCUT2D eigenvalue weighted by atomic mass is 10.1. The van der Waals surface area contributed by atoms with Crippen molar-refractivity contribution in [3.05, 3.63) is 84.0 Å². The number of methoxy groups -OCH3 is 1. The van der Waals surface area contributed by atoms with Gasteiger partial charge in [-0.3, -0.25) is 9.52 Å². The summed E-state index contributed by atoms with van der Waals surface area (Å²) in [5.74, 6) is -0.508. The Kier molecular flexibility index (Phi) is 6.33. The number of carbonyl (C=O) groups excluding carboxylic acids is 1. The molecular weight excluding hydrogens is 456 g/mol. The first kappa shape index (κ1) is 23.0. The molecule has 0 spiro atoms. The molecule has 2 N–H and O–H groups in total. The van der Waals surface area contributed by atoms with Crippen molar-refractivity contribution in [1.29, 1.82) is 0 Å². The van der Waals surface area contributed by atoms with Gasteiger partial charge in [-0.25, -0.2) is 18.4 Å². The molecule has 0 aliphatic rings. The van der Waals surface area contributed by atoms with Crippen LogP contribution in [0.4, 0.5) is 11.4 Å². The number of oxazole rings is 1. The van der Waals surface area contributed by atoms with Gasteiger partial charge < -0.3 is 14.5 Å². The minimum atomic E-state index is -4.08. The highest BCUT2D eigenvalue weighted by atomic mass is 32.2. The number of hydrogen-bond acceptors (Lipinski definition) is 7. The van der Waals surface area contributed by atoms with Gasteiger partial charge in [0.25, 0.3) is 15.9 Å². The quantitative estimate of drug-likeness (QED) is 0.403. The molecule has 0 saturated carbocycles. The number of sulfonamides is 1. The Balaban J connectivity index is 1.60. The van der Waals surface area contributed by atoms with Crippen LogP contribution < -0.4 is 14.8 Å². The van der Waals surface area contributed by atoms with Gasteiger partial charge >= 0.3 is 5.91 Å². The molecule has 0 bridgehead atoms. The Hall–Kier alpha value is -4.18. The molecule has 0 radical (unpaired) electrons. The zero-order chi connectivity index (χ0) is 24.3. The topological polar surface area (TPSA) is 123 Å². The zero-order valence-electron chi connectivity index (χ0n) is 18.7. The van der Waals surface area contributed by atoms with Crippen LogP contribution in [0.2, 0.25) is 0 Å². The van der Waals surface area contributed by atoms with Gasteiger partial charge in [-0.15, -0.1) is 0 Å². The highest BCUT2D eigenvalue weighted by molar-refractivity contribution is 7.92. The molecule has 0 saturated heterocycles. The van der Waals surface area contributed by atoms with E-state index >= 15 is 0 Å². The number of hydrogen-bond donors (Lipinski definition) is 2. The van der Waals surface area contributed by atoms with Crippen LogP contribution in [0.5, 0.6) is 5.88 Å². The molecule has 0 atom stereocenters. The highest BCUT2D eigenvalue weighted by Crippen LogP contribution is 2.29. The number of anilines is 2. The Morgan fingerprint density at radius 2 is 1.68 bits per heavy atom. The van der Waals surface area contributed by atoms with Crippen LogP contribution >= 0.6 is 0 Å². The molecule has 0 aliphatic carbocycles. The molecule has 0 aliphatic heterocycles. The molecule has 1 amide bonds. The summed E-state index contributed by atoms with van der Waals surface area (Å²) in [5, 5.41) is 2.57. The van der Waals surface area contributed by atoms with E-state index in [4.69, 9.17) is 9.15 Å². The third kappa shape index (κ3) is 4.76. The smallest absolute Gasteiger partial charge is 0.311 e. The molecule has 2 aromatic heterocycles. The second-order valence-electron chi connectivity index (χ2n) is 7.45. The van der Waals surface area contributed by atoms with E-state index in [1.807, 2.05) is 36.4 Å². The number of carbonyl (C=O) groups is 1. The lowest BCUT2D eigenvalue weighted by Gasteiger charge is -2.15. The first-order chi connectivity index (χ1) is 16.3.